The summed E-state index contributed by atoms with van der Waals surface area (Å²) in [4.78, 5) is 19.1. The number of rotatable bonds is 15. The second-order valence-corrected chi connectivity index (χ2v) is 23.4. The Labute approximate surface area is 370 Å². The molecule has 3 saturated carbocycles. The number of carbonyl (C=O) groups excluding carboxylic acids is 1. The number of nitrogens with zero attached hydrogens (tertiary/aromatic N) is 5. The number of alkyl halides is 4. The SMILES string of the molecule is Cn1nc(CS(=O)(=O)CC2CC2)c2c(Cl)ccc(-c3ccc(C#CC(C)(C)S(=O)(=O)C4CC4)nc3[C@@H](CC(=O)Cn3nc(C(F)F)c4c3C(F)(F)[C@@H]3C[C@H]43)Cc3cc(F)cc(F)c3)c21. The smallest absolute Gasteiger partial charge is 0.293 e. The molecule has 3 fully saturated rings. The zero-order valence-electron chi connectivity index (χ0n) is 34.8. The van der Waals surface area contributed by atoms with Gasteiger partial charge in [0.05, 0.1) is 38.7 Å². The molecule has 3 atom stereocenters. The van der Waals surface area contributed by atoms with Gasteiger partial charge in [0.1, 0.15) is 40.0 Å². The average Bonchev–Trinajstić information content (AvgIpc) is 4.11. The molecule has 64 heavy (non-hydrogen) atoms. The molecular formula is C45H42ClF6N5O5S2. The highest BCUT2D eigenvalue weighted by molar-refractivity contribution is 7.93. The fraction of sp³-hybridized carbons (Fsp3) is 0.467. The molecule has 2 aromatic carbocycles. The third-order valence-electron chi connectivity index (χ3n) is 12.7. The predicted octanol–water partition coefficient (Wildman–Crippen LogP) is 8.93. The van der Waals surface area contributed by atoms with Gasteiger partial charge in [-0.1, -0.05) is 23.6 Å². The molecule has 0 aliphatic heterocycles. The summed E-state index contributed by atoms with van der Waals surface area (Å²) in [5, 5.41) is 8.40. The molecule has 9 rings (SSSR count). The Morgan fingerprint density at radius 1 is 0.969 bits per heavy atom. The molecule has 0 unspecified atom stereocenters. The quantitative estimate of drug-likeness (QED) is 0.0751. The summed E-state index contributed by atoms with van der Waals surface area (Å²) in [7, 11) is -5.66. The highest BCUT2D eigenvalue weighted by Crippen LogP contribution is 2.68. The minimum Gasteiger partial charge on any atom is -0.298 e. The van der Waals surface area contributed by atoms with E-state index in [-0.39, 0.29) is 57.7 Å². The molecule has 3 heterocycles. The van der Waals surface area contributed by atoms with Crippen molar-refractivity contribution in [1.29, 1.82) is 0 Å². The van der Waals surface area contributed by atoms with E-state index in [9.17, 15) is 39.2 Å². The fourth-order valence-electron chi connectivity index (χ4n) is 9.21. The van der Waals surface area contributed by atoms with Gasteiger partial charge in [-0.05, 0) is 106 Å². The zero-order chi connectivity index (χ0) is 45.8. The van der Waals surface area contributed by atoms with Crippen molar-refractivity contribution in [2.24, 2.45) is 18.9 Å². The molecule has 0 saturated heterocycles. The van der Waals surface area contributed by atoms with Crippen LogP contribution in [0.15, 0.2) is 42.5 Å². The van der Waals surface area contributed by atoms with Crippen molar-refractivity contribution < 1.29 is 48.0 Å². The normalized spacial score (nSPS) is 19.7. The van der Waals surface area contributed by atoms with Gasteiger partial charge in [-0.25, -0.2) is 39.4 Å². The lowest BCUT2D eigenvalue weighted by Crippen LogP contribution is -2.33. The van der Waals surface area contributed by atoms with Crippen molar-refractivity contribution in [2.45, 2.75) is 105 Å². The van der Waals surface area contributed by atoms with Gasteiger partial charge in [-0.2, -0.15) is 19.0 Å². The Morgan fingerprint density at radius 2 is 1.66 bits per heavy atom. The Bertz CT molecular complexity index is 3040. The number of benzene rings is 2. The number of Topliss-reactive ketones (excluding diaryl/α,β-unsaturated/α-hetero) is 1. The maximum Gasteiger partial charge on any atom is 0.293 e. The number of hydrogen-bond acceptors (Lipinski definition) is 8. The molecule has 5 aromatic rings. The Kier molecular flexibility index (Phi) is 10.9. The van der Waals surface area contributed by atoms with E-state index < -0.39 is 107 Å². The Hall–Kier alpha value is -4.73. The molecule has 10 nitrogen and oxygen atoms in total. The molecule has 3 aromatic heterocycles. The number of aromatic nitrogens is 5. The third-order valence-corrected chi connectivity index (χ3v) is 17.6. The largest absolute Gasteiger partial charge is 0.298 e. The van der Waals surface area contributed by atoms with Crippen molar-refractivity contribution in [3.63, 3.8) is 0 Å². The zero-order valence-corrected chi connectivity index (χ0v) is 37.2. The standard InChI is InChI=1S/C45H42ClF6N5O5S2/c1-44(2,64(61,62)30-7-8-30)13-12-28-6-9-31(32-10-11-35(46)38-36(54-56(3)41(32)38)22-63(59,60)21-23-4-5-23)39(53-28)25(14-24-15-26(47)18-27(48)16-24)17-29(58)20-57-42-37(40(55-57)43(49)50)33-19-34(33)45(42,51)52/h6,9-11,15-16,18,23,25,30,33-34,43H,4-5,7-8,14,17,19-22H2,1-3H3/t25-,33+,34-/m1/s1. The molecule has 0 N–H and O–H groups in total. The number of pyridine rings is 1. The van der Waals surface area contributed by atoms with Crippen LogP contribution in [-0.4, -0.2) is 62.9 Å². The van der Waals surface area contributed by atoms with Gasteiger partial charge in [-0.3, -0.25) is 14.2 Å². The lowest BCUT2D eigenvalue weighted by atomic mass is 9.86. The van der Waals surface area contributed by atoms with Gasteiger partial charge in [-0.15, -0.1) is 0 Å². The van der Waals surface area contributed by atoms with Crippen LogP contribution in [0.3, 0.4) is 0 Å². The summed E-state index contributed by atoms with van der Waals surface area (Å²) in [5.41, 5.74) is -0.175. The molecule has 0 bridgehead atoms. The Morgan fingerprint density at radius 3 is 2.31 bits per heavy atom. The summed E-state index contributed by atoms with van der Waals surface area (Å²) in [6.45, 7) is 2.14. The van der Waals surface area contributed by atoms with Crippen molar-refractivity contribution in [1.82, 2.24) is 24.5 Å². The summed E-state index contributed by atoms with van der Waals surface area (Å²) in [6, 6.07) is 9.11. The first-order chi connectivity index (χ1) is 30.0. The number of carbonyl (C=O) groups is 1. The summed E-state index contributed by atoms with van der Waals surface area (Å²) in [5.74, 6) is -3.76. The van der Waals surface area contributed by atoms with Crippen LogP contribution in [0.4, 0.5) is 26.3 Å². The molecule has 4 aliphatic rings. The Balaban J connectivity index is 1.18. The highest BCUT2D eigenvalue weighted by Gasteiger charge is 2.67. The van der Waals surface area contributed by atoms with Crippen LogP contribution >= 0.6 is 11.6 Å². The van der Waals surface area contributed by atoms with Crippen molar-refractivity contribution in [3.8, 4) is 23.0 Å². The maximum absolute atomic E-state index is 15.6. The van der Waals surface area contributed by atoms with Crippen LogP contribution < -0.4 is 0 Å². The second-order valence-electron chi connectivity index (χ2n) is 18.1. The van der Waals surface area contributed by atoms with Gasteiger partial charge in [0.25, 0.3) is 12.3 Å². The van der Waals surface area contributed by atoms with E-state index in [0.29, 0.717) is 45.6 Å². The second kappa shape index (κ2) is 15.7. The lowest BCUT2D eigenvalue weighted by Gasteiger charge is -2.22. The molecule has 338 valence electrons. The van der Waals surface area contributed by atoms with Crippen LogP contribution in [0.1, 0.15) is 110 Å². The fourth-order valence-corrected chi connectivity index (χ4v) is 13.0. The number of ketones is 1. The van der Waals surface area contributed by atoms with Crippen molar-refractivity contribution in [3.05, 3.63) is 98.7 Å². The van der Waals surface area contributed by atoms with E-state index >= 15 is 8.78 Å². The third kappa shape index (κ3) is 8.25. The van der Waals surface area contributed by atoms with E-state index in [4.69, 9.17) is 16.6 Å². The minimum absolute atomic E-state index is 0.00230. The van der Waals surface area contributed by atoms with Gasteiger partial charge >= 0.3 is 0 Å². The first-order valence-corrected chi connectivity index (χ1v) is 24.6. The number of sulfone groups is 2. The van der Waals surface area contributed by atoms with Crippen LogP contribution in [0.25, 0.3) is 22.0 Å². The summed E-state index contributed by atoms with van der Waals surface area (Å²) in [6.07, 6.45) is -1.27. The number of halogens is 7. The molecule has 4 aliphatic carbocycles. The summed E-state index contributed by atoms with van der Waals surface area (Å²) >= 11 is 6.78. The van der Waals surface area contributed by atoms with E-state index in [0.717, 1.165) is 25.0 Å². The van der Waals surface area contributed by atoms with Gasteiger partial charge in [0.2, 0.25) is 0 Å². The van der Waals surface area contributed by atoms with E-state index in [1.165, 1.54) is 24.6 Å². The molecule has 0 amide bonds. The minimum atomic E-state index is -3.66. The number of fused-ring (bicyclic) bond motifs is 4. The topological polar surface area (TPSA) is 134 Å². The summed E-state index contributed by atoms with van der Waals surface area (Å²) < 4.78 is 143. The first-order valence-electron chi connectivity index (χ1n) is 20.9. The molecular weight excluding hydrogens is 904 g/mol. The number of hydrogen-bond donors (Lipinski definition) is 0. The van der Waals surface area contributed by atoms with E-state index in [1.807, 2.05) is 0 Å². The van der Waals surface area contributed by atoms with Crippen molar-refractivity contribution in [2.75, 3.05) is 5.75 Å². The maximum atomic E-state index is 15.6. The predicted molar refractivity (Wildman–Crippen MR) is 226 cm³/mol. The highest BCUT2D eigenvalue weighted by atomic mass is 35.5. The average molecular weight is 946 g/mol. The van der Waals surface area contributed by atoms with Crippen LogP contribution in [-0.2, 0) is 56.2 Å². The van der Waals surface area contributed by atoms with Crippen LogP contribution in [0, 0.1) is 35.3 Å². The molecule has 19 heteroatoms. The van der Waals surface area contributed by atoms with Gasteiger partial charge < -0.3 is 0 Å². The van der Waals surface area contributed by atoms with Gasteiger partial charge in [0, 0.05) is 53.4 Å². The van der Waals surface area contributed by atoms with E-state index in [2.05, 4.69) is 22.0 Å². The molecule has 0 spiro atoms. The van der Waals surface area contributed by atoms with Crippen LogP contribution in [0.5, 0.6) is 0 Å². The van der Waals surface area contributed by atoms with Gasteiger partial charge in [0.15, 0.2) is 25.5 Å². The van der Waals surface area contributed by atoms with Crippen LogP contribution in [0.2, 0.25) is 5.02 Å². The van der Waals surface area contributed by atoms with Crippen molar-refractivity contribution >= 4 is 48.0 Å². The monoisotopic (exact) mass is 945 g/mol. The van der Waals surface area contributed by atoms with E-state index in [1.54, 1.807) is 25.2 Å². The molecule has 0 radical (unpaired) electrons. The lowest BCUT2D eigenvalue weighted by molar-refractivity contribution is -0.120. The number of aryl methyl sites for hydroxylation is 1. The first kappa shape index (κ1) is 44.5.